The fraction of sp³-hybridized carbons (Fsp3) is 0.625. The van der Waals surface area contributed by atoms with Crippen molar-refractivity contribution < 1.29 is 14.9 Å². The first-order chi connectivity index (χ1) is 8.85. The van der Waals surface area contributed by atoms with E-state index in [0.29, 0.717) is 17.6 Å². The number of aliphatic hydroxyl groups excluding tert-OH is 1. The molecule has 106 valence electrons. The lowest BCUT2D eigenvalue weighted by Crippen LogP contribution is -2.15. The molecule has 0 aromatic heterocycles. The molecule has 3 heteroatoms. The van der Waals surface area contributed by atoms with E-state index >= 15 is 0 Å². The Kier molecular flexibility index (Phi) is 4.04. The summed E-state index contributed by atoms with van der Waals surface area (Å²) in [7, 11) is 0. The predicted molar refractivity (Wildman–Crippen MR) is 75.5 cm³/mol. The molecule has 3 nitrogen and oxygen atoms in total. The van der Waals surface area contributed by atoms with Crippen molar-refractivity contribution in [1.82, 2.24) is 0 Å². The smallest absolute Gasteiger partial charge is 0.161 e. The minimum atomic E-state index is -0.386. The van der Waals surface area contributed by atoms with Gasteiger partial charge in [-0.05, 0) is 55.7 Å². The fourth-order valence-corrected chi connectivity index (χ4v) is 2.77. The summed E-state index contributed by atoms with van der Waals surface area (Å²) in [5.74, 6) is 0.722. The summed E-state index contributed by atoms with van der Waals surface area (Å²) in [4.78, 5) is 0. The molecule has 1 aromatic rings. The molecule has 0 spiro atoms. The van der Waals surface area contributed by atoms with E-state index in [1.165, 1.54) is 0 Å². The van der Waals surface area contributed by atoms with E-state index in [2.05, 4.69) is 13.8 Å². The SMILES string of the molecule is CC(O)Cc1ccc(O)c(OC2CCC(C)(C)C2)c1. The third-order valence-electron chi connectivity index (χ3n) is 3.77. The maximum atomic E-state index is 9.87. The highest BCUT2D eigenvalue weighted by Gasteiger charge is 2.32. The second-order valence-corrected chi connectivity index (χ2v) is 6.50. The molecule has 0 saturated heterocycles. The Hall–Kier alpha value is -1.22. The lowest BCUT2D eigenvalue weighted by atomic mass is 9.92. The predicted octanol–water partition coefficient (Wildman–Crippen LogP) is 3.27. The molecule has 1 aliphatic carbocycles. The molecule has 2 rings (SSSR count). The van der Waals surface area contributed by atoms with Gasteiger partial charge in [0.05, 0.1) is 12.2 Å². The molecule has 19 heavy (non-hydrogen) atoms. The van der Waals surface area contributed by atoms with E-state index in [0.717, 1.165) is 24.8 Å². The van der Waals surface area contributed by atoms with E-state index in [-0.39, 0.29) is 18.0 Å². The van der Waals surface area contributed by atoms with Crippen LogP contribution in [0.5, 0.6) is 11.5 Å². The van der Waals surface area contributed by atoms with Crippen LogP contribution in [-0.4, -0.2) is 22.4 Å². The van der Waals surface area contributed by atoms with Crippen LogP contribution in [0.15, 0.2) is 18.2 Å². The third kappa shape index (κ3) is 3.87. The van der Waals surface area contributed by atoms with Gasteiger partial charge in [0.15, 0.2) is 11.5 Å². The highest BCUT2D eigenvalue weighted by molar-refractivity contribution is 5.42. The topological polar surface area (TPSA) is 49.7 Å². The van der Waals surface area contributed by atoms with Crippen molar-refractivity contribution in [3.05, 3.63) is 23.8 Å². The van der Waals surface area contributed by atoms with Crippen LogP contribution in [0.1, 0.15) is 45.6 Å². The largest absolute Gasteiger partial charge is 0.504 e. The molecular weight excluding hydrogens is 240 g/mol. The molecule has 2 atom stereocenters. The summed E-state index contributed by atoms with van der Waals surface area (Å²) in [6.07, 6.45) is 3.59. The lowest BCUT2D eigenvalue weighted by molar-refractivity contribution is 0.184. The van der Waals surface area contributed by atoms with Crippen LogP contribution in [-0.2, 0) is 6.42 Å². The number of phenols is 1. The van der Waals surface area contributed by atoms with Crippen LogP contribution in [0.2, 0.25) is 0 Å². The van der Waals surface area contributed by atoms with E-state index in [4.69, 9.17) is 4.74 Å². The monoisotopic (exact) mass is 264 g/mol. The summed E-state index contributed by atoms with van der Waals surface area (Å²) in [5, 5.41) is 19.3. The average molecular weight is 264 g/mol. The van der Waals surface area contributed by atoms with E-state index in [9.17, 15) is 10.2 Å². The zero-order valence-corrected chi connectivity index (χ0v) is 12.0. The first kappa shape index (κ1) is 14.2. The molecule has 0 aliphatic heterocycles. The van der Waals surface area contributed by atoms with E-state index in [1.807, 2.05) is 12.1 Å². The van der Waals surface area contributed by atoms with Gasteiger partial charge in [-0.1, -0.05) is 19.9 Å². The number of ether oxygens (including phenoxy) is 1. The number of hydrogen-bond acceptors (Lipinski definition) is 3. The summed E-state index contributed by atoms with van der Waals surface area (Å²) in [5.41, 5.74) is 1.32. The van der Waals surface area contributed by atoms with Crippen molar-refractivity contribution in [2.24, 2.45) is 5.41 Å². The van der Waals surface area contributed by atoms with E-state index in [1.54, 1.807) is 13.0 Å². The van der Waals surface area contributed by atoms with Crippen molar-refractivity contribution >= 4 is 0 Å². The van der Waals surface area contributed by atoms with Crippen molar-refractivity contribution in [2.45, 2.75) is 58.7 Å². The first-order valence-corrected chi connectivity index (χ1v) is 7.02. The Labute approximate surface area is 115 Å². The number of phenolic OH excluding ortho intramolecular Hbond substituents is 1. The van der Waals surface area contributed by atoms with Gasteiger partial charge in [0.1, 0.15) is 0 Å². The minimum Gasteiger partial charge on any atom is -0.504 e. The quantitative estimate of drug-likeness (QED) is 0.877. The number of benzene rings is 1. The molecule has 2 unspecified atom stereocenters. The molecular formula is C16H24O3. The summed E-state index contributed by atoms with van der Waals surface area (Å²) in [6.45, 7) is 6.26. The van der Waals surface area contributed by atoms with Gasteiger partial charge in [0.25, 0.3) is 0 Å². The molecule has 0 bridgehead atoms. The normalized spacial score (nSPS) is 23.3. The zero-order chi connectivity index (χ0) is 14.0. The molecule has 1 fully saturated rings. The number of hydrogen-bond donors (Lipinski definition) is 2. The van der Waals surface area contributed by atoms with Gasteiger partial charge in [-0.15, -0.1) is 0 Å². The fourth-order valence-electron chi connectivity index (χ4n) is 2.77. The van der Waals surface area contributed by atoms with Gasteiger partial charge in [-0.2, -0.15) is 0 Å². The highest BCUT2D eigenvalue weighted by atomic mass is 16.5. The Morgan fingerprint density at radius 2 is 2.16 bits per heavy atom. The van der Waals surface area contributed by atoms with E-state index < -0.39 is 0 Å². The second kappa shape index (κ2) is 5.41. The Balaban J connectivity index is 2.07. The molecule has 2 N–H and O–H groups in total. The standard InChI is InChI=1S/C16H24O3/c1-11(17)8-12-4-5-14(18)15(9-12)19-13-6-7-16(2,3)10-13/h4-5,9,11,13,17-18H,6-8,10H2,1-3H3. The third-order valence-corrected chi connectivity index (χ3v) is 3.77. The number of aliphatic hydroxyl groups is 1. The average Bonchev–Trinajstić information content (AvgIpc) is 2.62. The minimum absolute atomic E-state index is 0.180. The molecule has 1 aromatic carbocycles. The Morgan fingerprint density at radius 3 is 2.74 bits per heavy atom. The molecule has 0 radical (unpaired) electrons. The summed E-state index contributed by atoms with van der Waals surface area (Å²) < 4.78 is 5.93. The number of rotatable bonds is 4. The maximum Gasteiger partial charge on any atom is 0.161 e. The van der Waals surface area contributed by atoms with Crippen LogP contribution in [0, 0.1) is 5.41 Å². The number of aromatic hydroxyl groups is 1. The van der Waals surface area contributed by atoms with Crippen molar-refractivity contribution in [3.8, 4) is 11.5 Å². The highest BCUT2D eigenvalue weighted by Crippen LogP contribution is 2.40. The Morgan fingerprint density at radius 1 is 1.42 bits per heavy atom. The van der Waals surface area contributed by atoms with Crippen molar-refractivity contribution in [1.29, 1.82) is 0 Å². The van der Waals surface area contributed by atoms with Gasteiger partial charge >= 0.3 is 0 Å². The lowest BCUT2D eigenvalue weighted by Gasteiger charge is -2.19. The van der Waals surface area contributed by atoms with Crippen LogP contribution < -0.4 is 4.74 Å². The summed E-state index contributed by atoms with van der Waals surface area (Å²) >= 11 is 0. The maximum absolute atomic E-state index is 9.87. The first-order valence-electron chi connectivity index (χ1n) is 7.02. The van der Waals surface area contributed by atoms with Crippen LogP contribution in [0.4, 0.5) is 0 Å². The van der Waals surface area contributed by atoms with Gasteiger partial charge in [0, 0.05) is 0 Å². The van der Waals surface area contributed by atoms with Crippen LogP contribution >= 0.6 is 0 Å². The molecule has 0 heterocycles. The molecule has 0 amide bonds. The second-order valence-electron chi connectivity index (χ2n) is 6.50. The van der Waals surface area contributed by atoms with Crippen LogP contribution in [0.25, 0.3) is 0 Å². The van der Waals surface area contributed by atoms with Crippen LogP contribution in [0.3, 0.4) is 0 Å². The van der Waals surface area contributed by atoms with Gasteiger partial charge in [0.2, 0.25) is 0 Å². The molecule has 1 aliphatic rings. The zero-order valence-electron chi connectivity index (χ0n) is 12.0. The van der Waals surface area contributed by atoms with Gasteiger partial charge < -0.3 is 14.9 Å². The molecule has 1 saturated carbocycles. The van der Waals surface area contributed by atoms with Gasteiger partial charge in [-0.25, -0.2) is 0 Å². The van der Waals surface area contributed by atoms with Crippen molar-refractivity contribution in [3.63, 3.8) is 0 Å². The summed E-state index contributed by atoms with van der Waals surface area (Å²) in [6, 6.07) is 5.31. The van der Waals surface area contributed by atoms with Gasteiger partial charge in [-0.3, -0.25) is 0 Å². The van der Waals surface area contributed by atoms with Crippen molar-refractivity contribution in [2.75, 3.05) is 0 Å². The Bertz CT molecular complexity index is 438.